The van der Waals surface area contributed by atoms with Crippen LogP contribution in [0.4, 0.5) is 0 Å². The molecule has 1 aromatic carbocycles. The topological polar surface area (TPSA) is 57.6 Å². The molecule has 1 aliphatic heterocycles. The highest BCUT2D eigenvalue weighted by Gasteiger charge is 2.56. The number of hydrogen-bond acceptors (Lipinski definition) is 2. The van der Waals surface area contributed by atoms with Crippen molar-refractivity contribution in [3.05, 3.63) is 35.4 Å². The van der Waals surface area contributed by atoms with Gasteiger partial charge >= 0.3 is 5.97 Å². The van der Waals surface area contributed by atoms with E-state index in [2.05, 4.69) is 20.8 Å². The van der Waals surface area contributed by atoms with Gasteiger partial charge in [-0.05, 0) is 47.8 Å². The number of piperidine rings is 1. The van der Waals surface area contributed by atoms with Gasteiger partial charge < -0.3 is 10.0 Å². The summed E-state index contributed by atoms with van der Waals surface area (Å²) in [5.74, 6) is -0.518. The molecule has 2 aliphatic rings. The van der Waals surface area contributed by atoms with Crippen LogP contribution in [0.25, 0.3) is 0 Å². The monoisotopic (exact) mass is 301 g/mol. The van der Waals surface area contributed by atoms with Gasteiger partial charge in [0.15, 0.2) is 0 Å². The van der Waals surface area contributed by atoms with Crippen LogP contribution in [0.1, 0.15) is 54.3 Å². The van der Waals surface area contributed by atoms with Crippen molar-refractivity contribution in [1.82, 2.24) is 4.90 Å². The molecule has 118 valence electrons. The van der Waals surface area contributed by atoms with Crippen molar-refractivity contribution in [2.45, 2.75) is 33.6 Å². The number of benzene rings is 1. The van der Waals surface area contributed by atoms with Crippen molar-refractivity contribution in [3.8, 4) is 0 Å². The summed E-state index contributed by atoms with van der Waals surface area (Å²) in [7, 11) is 0. The quantitative estimate of drug-likeness (QED) is 0.912. The number of nitrogens with zero attached hydrogens (tertiary/aromatic N) is 1. The average molecular weight is 301 g/mol. The lowest BCUT2D eigenvalue weighted by molar-refractivity contribution is -0.0107. The Bertz CT molecular complexity index is 637. The van der Waals surface area contributed by atoms with Crippen LogP contribution in [0.5, 0.6) is 0 Å². The van der Waals surface area contributed by atoms with Crippen molar-refractivity contribution in [1.29, 1.82) is 0 Å². The number of amides is 1. The maximum absolute atomic E-state index is 12.8. The summed E-state index contributed by atoms with van der Waals surface area (Å²) in [5, 5.41) is 9.08. The molecular weight excluding hydrogens is 278 g/mol. The first kappa shape index (κ1) is 15.1. The lowest BCUT2D eigenvalue weighted by Crippen LogP contribution is -2.53. The first-order chi connectivity index (χ1) is 10.2. The molecule has 0 aromatic heterocycles. The van der Waals surface area contributed by atoms with E-state index in [1.165, 1.54) is 18.6 Å². The third-order valence-electron chi connectivity index (χ3n) is 6.25. The summed E-state index contributed by atoms with van der Waals surface area (Å²) in [4.78, 5) is 25.8. The van der Waals surface area contributed by atoms with E-state index in [4.69, 9.17) is 5.11 Å². The highest BCUT2D eigenvalue weighted by molar-refractivity contribution is 5.97. The molecule has 1 amide bonds. The van der Waals surface area contributed by atoms with Crippen molar-refractivity contribution in [2.24, 2.45) is 16.7 Å². The Labute approximate surface area is 131 Å². The fourth-order valence-electron chi connectivity index (χ4n) is 4.15. The molecule has 2 fully saturated rings. The summed E-state index contributed by atoms with van der Waals surface area (Å²) in [6.45, 7) is 8.44. The minimum atomic E-state index is -0.999. The van der Waals surface area contributed by atoms with Crippen LogP contribution < -0.4 is 0 Å². The molecule has 1 saturated heterocycles. The summed E-state index contributed by atoms with van der Waals surface area (Å²) >= 11 is 0. The van der Waals surface area contributed by atoms with Crippen LogP contribution >= 0.6 is 0 Å². The molecule has 1 aromatic rings. The van der Waals surface area contributed by atoms with Crippen molar-refractivity contribution in [2.75, 3.05) is 13.1 Å². The number of hydrogen-bond donors (Lipinski definition) is 1. The van der Waals surface area contributed by atoms with E-state index in [1.807, 2.05) is 4.90 Å². The number of aromatic carboxylic acids is 1. The van der Waals surface area contributed by atoms with Crippen molar-refractivity contribution >= 4 is 11.9 Å². The van der Waals surface area contributed by atoms with Crippen molar-refractivity contribution in [3.63, 3.8) is 0 Å². The van der Waals surface area contributed by atoms with Gasteiger partial charge in [0.2, 0.25) is 0 Å². The maximum atomic E-state index is 12.8. The van der Waals surface area contributed by atoms with Gasteiger partial charge in [-0.25, -0.2) is 4.79 Å². The van der Waals surface area contributed by atoms with E-state index in [9.17, 15) is 9.59 Å². The Morgan fingerprint density at radius 2 is 1.91 bits per heavy atom. The fourth-order valence-corrected chi connectivity index (χ4v) is 4.15. The zero-order valence-electron chi connectivity index (χ0n) is 13.4. The van der Waals surface area contributed by atoms with Gasteiger partial charge in [0.25, 0.3) is 5.91 Å². The summed E-state index contributed by atoms with van der Waals surface area (Å²) < 4.78 is 0. The van der Waals surface area contributed by atoms with Crippen LogP contribution in [-0.4, -0.2) is 35.0 Å². The summed E-state index contributed by atoms with van der Waals surface area (Å²) in [6.07, 6.45) is 2.33. The van der Waals surface area contributed by atoms with E-state index < -0.39 is 5.97 Å². The zero-order chi connectivity index (χ0) is 16.1. The van der Waals surface area contributed by atoms with Gasteiger partial charge in [-0.2, -0.15) is 0 Å². The molecule has 0 spiro atoms. The Morgan fingerprint density at radius 3 is 2.55 bits per heavy atom. The number of rotatable bonds is 2. The first-order valence-electron chi connectivity index (χ1n) is 7.87. The SMILES string of the molecule is CC1(C)[C@@H]2CC[C@@]1(C)CN(C(=O)c1cccc(C(=O)O)c1)C2. The van der Waals surface area contributed by atoms with Crippen molar-refractivity contribution < 1.29 is 14.7 Å². The van der Waals surface area contributed by atoms with Crippen LogP contribution in [0, 0.1) is 16.7 Å². The predicted octanol–water partition coefficient (Wildman–Crippen LogP) is 3.28. The molecule has 1 saturated carbocycles. The highest BCUT2D eigenvalue weighted by Crippen LogP contribution is 2.59. The molecule has 4 nitrogen and oxygen atoms in total. The van der Waals surface area contributed by atoms with E-state index in [-0.39, 0.29) is 22.3 Å². The van der Waals surface area contributed by atoms with Gasteiger partial charge in [-0.15, -0.1) is 0 Å². The zero-order valence-corrected chi connectivity index (χ0v) is 13.4. The second-order valence-corrected chi connectivity index (χ2v) is 7.59. The maximum Gasteiger partial charge on any atom is 0.335 e. The molecule has 3 rings (SSSR count). The number of fused-ring (bicyclic) bond motifs is 2. The molecule has 2 bridgehead atoms. The van der Waals surface area contributed by atoms with Gasteiger partial charge in [0, 0.05) is 18.7 Å². The van der Waals surface area contributed by atoms with Crippen LogP contribution in [0.3, 0.4) is 0 Å². The van der Waals surface area contributed by atoms with E-state index in [0.717, 1.165) is 19.5 Å². The standard InChI is InChI=1S/C18H23NO3/c1-17(2)14-7-8-18(17,3)11-19(10-14)15(20)12-5-4-6-13(9-12)16(21)22/h4-6,9,14H,7-8,10-11H2,1-3H3,(H,21,22)/t14-,18+/m1/s1. The number of carboxylic acid groups (broad SMARTS) is 1. The molecule has 0 radical (unpaired) electrons. The Hall–Kier alpha value is -1.84. The number of carbonyl (C=O) groups is 2. The van der Waals surface area contributed by atoms with Gasteiger partial charge in [-0.3, -0.25) is 4.79 Å². The minimum absolute atomic E-state index is 0.0447. The van der Waals surface area contributed by atoms with Crippen LogP contribution in [-0.2, 0) is 0 Å². The second kappa shape index (κ2) is 4.83. The fraction of sp³-hybridized carbons (Fsp3) is 0.556. The minimum Gasteiger partial charge on any atom is -0.478 e. The molecule has 1 heterocycles. The third kappa shape index (κ3) is 2.13. The van der Waals surface area contributed by atoms with Gasteiger partial charge in [0.05, 0.1) is 5.56 Å². The molecule has 1 N–H and O–H groups in total. The van der Waals surface area contributed by atoms with E-state index >= 15 is 0 Å². The summed E-state index contributed by atoms with van der Waals surface area (Å²) in [5.41, 5.74) is 1.04. The molecular formula is C18H23NO3. The van der Waals surface area contributed by atoms with E-state index in [0.29, 0.717) is 11.5 Å². The third-order valence-corrected chi connectivity index (χ3v) is 6.25. The smallest absolute Gasteiger partial charge is 0.335 e. The first-order valence-corrected chi connectivity index (χ1v) is 7.87. The normalized spacial score (nSPS) is 29.4. The highest BCUT2D eigenvalue weighted by atomic mass is 16.4. The summed E-state index contributed by atoms with van der Waals surface area (Å²) in [6, 6.07) is 6.34. The van der Waals surface area contributed by atoms with Gasteiger partial charge in [0.1, 0.15) is 0 Å². The Morgan fingerprint density at radius 1 is 1.23 bits per heavy atom. The molecule has 22 heavy (non-hydrogen) atoms. The molecule has 0 unspecified atom stereocenters. The predicted molar refractivity (Wildman–Crippen MR) is 83.9 cm³/mol. The molecule has 4 heteroatoms. The number of likely N-dealkylation sites (tertiary alicyclic amines) is 1. The average Bonchev–Trinajstić information content (AvgIpc) is 2.64. The molecule has 1 aliphatic carbocycles. The Kier molecular flexibility index (Phi) is 3.31. The van der Waals surface area contributed by atoms with Crippen LogP contribution in [0.15, 0.2) is 24.3 Å². The number of carbonyl (C=O) groups excluding carboxylic acids is 1. The largest absolute Gasteiger partial charge is 0.478 e. The Balaban J connectivity index is 1.86. The van der Waals surface area contributed by atoms with Crippen LogP contribution in [0.2, 0.25) is 0 Å². The number of carboxylic acids is 1. The van der Waals surface area contributed by atoms with Gasteiger partial charge in [-0.1, -0.05) is 26.8 Å². The lowest BCUT2D eigenvalue weighted by Gasteiger charge is -2.50. The lowest BCUT2D eigenvalue weighted by atomic mass is 9.63. The molecule has 2 atom stereocenters. The van der Waals surface area contributed by atoms with E-state index in [1.54, 1.807) is 12.1 Å². The second-order valence-electron chi connectivity index (χ2n) is 7.59.